The van der Waals surface area contributed by atoms with Gasteiger partial charge in [-0.1, -0.05) is 24.3 Å². The van der Waals surface area contributed by atoms with Gasteiger partial charge >= 0.3 is 0 Å². The van der Waals surface area contributed by atoms with E-state index in [4.69, 9.17) is 14.2 Å². The van der Waals surface area contributed by atoms with Crippen molar-refractivity contribution in [3.05, 3.63) is 72.6 Å². The van der Waals surface area contributed by atoms with E-state index >= 15 is 0 Å². The number of hydrogen-bond acceptors (Lipinski definition) is 8. The van der Waals surface area contributed by atoms with E-state index in [1.807, 2.05) is 35.0 Å². The molecule has 1 N–H and O–H groups in total. The van der Waals surface area contributed by atoms with Crippen LogP contribution in [0.25, 0.3) is 11.1 Å². The van der Waals surface area contributed by atoms with Gasteiger partial charge in [0.2, 0.25) is 11.7 Å². The Labute approximate surface area is 191 Å². The lowest BCUT2D eigenvalue weighted by molar-refractivity contribution is 0.325. The van der Waals surface area contributed by atoms with Gasteiger partial charge in [0.15, 0.2) is 11.5 Å². The summed E-state index contributed by atoms with van der Waals surface area (Å²) in [5, 5.41) is 13.2. The molecule has 0 fully saturated rings. The van der Waals surface area contributed by atoms with Crippen LogP contribution in [0.4, 0.5) is 11.6 Å². The highest BCUT2D eigenvalue weighted by molar-refractivity contribution is 5.93. The maximum absolute atomic E-state index is 10.0. The van der Waals surface area contributed by atoms with Gasteiger partial charge in [0, 0.05) is 31.3 Å². The second-order valence-electron chi connectivity index (χ2n) is 6.97. The van der Waals surface area contributed by atoms with Crippen LogP contribution in [0.2, 0.25) is 0 Å². The normalized spacial score (nSPS) is 10.4. The largest absolute Gasteiger partial charge is 0.492 e. The third-order valence-corrected chi connectivity index (χ3v) is 5.06. The zero-order valence-corrected chi connectivity index (χ0v) is 18.4. The Kier molecular flexibility index (Phi) is 6.36. The van der Waals surface area contributed by atoms with E-state index in [-0.39, 0.29) is 11.3 Å². The molecule has 0 saturated heterocycles. The molecule has 2 aromatic carbocycles. The third kappa shape index (κ3) is 4.27. The Balaban J connectivity index is 1.90. The van der Waals surface area contributed by atoms with E-state index in [0.29, 0.717) is 35.2 Å². The molecule has 0 unspecified atom stereocenters. The highest BCUT2D eigenvalue weighted by atomic mass is 16.5. The van der Waals surface area contributed by atoms with Crippen molar-refractivity contribution >= 4 is 11.6 Å². The number of aromatic nitrogens is 4. The first kappa shape index (κ1) is 21.6. The fourth-order valence-corrected chi connectivity index (χ4v) is 3.61. The summed E-state index contributed by atoms with van der Waals surface area (Å²) in [6.45, 7) is 0.690. The summed E-state index contributed by atoms with van der Waals surface area (Å²) < 4.78 is 18.9. The Morgan fingerprint density at radius 2 is 1.64 bits per heavy atom. The average Bonchev–Trinajstić information content (AvgIpc) is 3.37. The number of anilines is 2. The Hall–Kier alpha value is -4.58. The van der Waals surface area contributed by atoms with Crippen LogP contribution < -0.4 is 19.5 Å². The number of ether oxygens (including phenoxy) is 3. The van der Waals surface area contributed by atoms with Crippen LogP contribution in [-0.2, 0) is 6.54 Å². The van der Waals surface area contributed by atoms with Gasteiger partial charge in [-0.05, 0) is 17.2 Å². The standard InChI is InChI=1S/C24H22N6O3/c1-31-21-18(13-25)20(29-24-27-9-4-10-28-24)19(22(32-2)23(21)33-3)17-7-5-16(6-8-17)14-30-12-11-26-15-30/h4-12,15H,14H2,1-3H3,(H,27,28,29). The summed E-state index contributed by atoms with van der Waals surface area (Å²) in [5.74, 6) is 1.35. The predicted octanol–water partition coefficient (Wildman–Crippen LogP) is 4.03. The molecule has 0 atom stereocenters. The van der Waals surface area contributed by atoms with Crippen LogP contribution in [0.15, 0.2) is 61.4 Å². The molecular weight excluding hydrogens is 420 g/mol. The first-order valence-electron chi connectivity index (χ1n) is 10.0. The molecule has 0 aliphatic heterocycles. The van der Waals surface area contributed by atoms with Crippen LogP contribution in [0.5, 0.6) is 17.2 Å². The Morgan fingerprint density at radius 1 is 0.939 bits per heavy atom. The average molecular weight is 442 g/mol. The maximum atomic E-state index is 10.0. The number of methoxy groups -OCH3 is 3. The van der Waals surface area contributed by atoms with Gasteiger partial charge in [-0.2, -0.15) is 5.26 Å². The van der Waals surface area contributed by atoms with Crippen LogP contribution in [0.1, 0.15) is 11.1 Å². The Morgan fingerprint density at radius 3 is 2.21 bits per heavy atom. The third-order valence-electron chi connectivity index (χ3n) is 5.06. The first-order valence-corrected chi connectivity index (χ1v) is 10.0. The molecule has 0 aliphatic rings. The van der Waals surface area contributed by atoms with Crippen molar-refractivity contribution in [2.24, 2.45) is 0 Å². The molecule has 0 radical (unpaired) electrons. The number of nitrogens with one attached hydrogen (secondary N) is 1. The summed E-state index contributed by atoms with van der Waals surface area (Å²) in [7, 11) is 4.53. The van der Waals surface area contributed by atoms with Crippen molar-refractivity contribution in [2.45, 2.75) is 6.54 Å². The van der Waals surface area contributed by atoms with Crippen molar-refractivity contribution in [2.75, 3.05) is 26.6 Å². The zero-order valence-electron chi connectivity index (χ0n) is 18.4. The predicted molar refractivity (Wildman–Crippen MR) is 123 cm³/mol. The number of rotatable bonds is 8. The van der Waals surface area contributed by atoms with Crippen molar-refractivity contribution < 1.29 is 14.2 Å². The first-order chi connectivity index (χ1) is 16.2. The maximum Gasteiger partial charge on any atom is 0.227 e. The lowest BCUT2D eigenvalue weighted by atomic mass is 9.96. The van der Waals surface area contributed by atoms with Crippen LogP contribution in [0, 0.1) is 11.3 Å². The smallest absolute Gasteiger partial charge is 0.227 e. The quantitative estimate of drug-likeness (QED) is 0.436. The van der Waals surface area contributed by atoms with Gasteiger partial charge in [0.05, 0.1) is 38.9 Å². The van der Waals surface area contributed by atoms with Crippen molar-refractivity contribution in [1.29, 1.82) is 5.26 Å². The number of nitrogens with zero attached hydrogens (tertiary/aromatic N) is 5. The van der Waals surface area contributed by atoms with Crippen molar-refractivity contribution in [3.8, 4) is 34.4 Å². The summed E-state index contributed by atoms with van der Waals surface area (Å²) >= 11 is 0. The van der Waals surface area contributed by atoms with Gasteiger partial charge in [-0.3, -0.25) is 0 Å². The lowest BCUT2D eigenvalue weighted by Crippen LogP contribution is -2.06. The fourth-order valence-electron chi connectivity index (χ4n) is 3.61. The summed E-state index contributed by atoms with van der Waals surface area (Å²) in [6.07, 6.45) is 8.66. The van der Waals surface area contributed by atoms with Crippen LogP contribution in [0.3, 0.4) is 0 Å². The number of hydrogen-bond donors (Lipinski definition) is 1. The van der Waals surface area contributed by atoms with Crippen molar-refractivity contribution in [3.63, 3.8) is 0 Å². The lowest BCUT2D eigenvalue weighted by Gasteiger charge is -2.22. The molecule has 0 amide bonds. The van der Waals surface area contributed by atoms with Crippen LogP contribution in [-0.4, -0.2) is 40.8 Å². The minimum atomic E-state index is 0.250. The molecule has 0 bridgehead atoms. The monoisotopic (exact) mass is 442 g/mol. The van der Waals surface area contributed by atoms with E-state index in [1.165, 1.54) is 14.2 Å². The van der Waals surface area contributed by atoms with Gasteiger partial charge in [-0.25, -0.2) is 15.0 Å². The summed E-state index contributed by atoms with van der Waals surface area (Å²) in [4.78, 5) is 12.6. The molecule has 2 heterocycles. The van der Waals surface area contributed by atoms with E-state index in [2.05, 4.69) is 26.3 Å². The Bertz CT molecular complexity index is 1270. The van der Waals surface area contributed by atoms with Crippen LogP contribution >= 0.6 is 0 Å². The number of nitriles is 1. The minimum absolute atomic E-state index is 0.250. The molecule has 0 aliphatic carbocycles. The topological polar surface area (TPSA) is 107 Å². The molecule has 9 heteroatoms. The van der Waals surface area contributed by atoms with E-state index in [9.17, 15) is 5.26 Å². The van der Waals surface area contributed by atoms with Gasteiger partial charge < -0.3 is 24.1 Å². The fraction of sp³-hybridized carbons (Fsp3) is 0.167. The molecule has 4 aromatic rings. The summed E-state index contributed by atoms with van der Waals surface area (Å²) in [6, 6.07) is 11.9. The molecule has 33 heavy (non-hydrogen) atoms. The molecule has 4 rings (SSSR count). The molecule has 0 spiro atoms. The molecule has 9 nitrogen and oxygen atoms in total. The number of imidazole rings is 1. The molecular formula is C24H22N6O3. The minimum Gasteiger partial charge on any atom is -0.492 e. The SMILES string of the molecule is COc1c(C#N)c(Nc2ncccn2)c(-c2ccc(Cn3ccnc3)cc2)c(OC)c1OC. The van der Waals surface area contributed by atoms with Gasteiger partial charge in [0.1, 0.15) is 11.6 Å². The molecule has 2 aromatic heterocycles. The second-order valence-corrected chi connectivity index (χ2v) is 6.97. The second kappa shape index (κ2) is 9.70. The van der Waals surface area contributed by atoms with Gasteiger partial charge in [0.25, 0.3) is 0 Å². The van der Waals surface area contributed by atoms with E-state index in [0.717, 1.165) is 11.1 Å². The highest BCUT2D eigenvalue weighted by Crippen LogP contribution is 2.52. The van der Waals surface area contributed by atoms with E-state index in [1.54, 1.807) is 38.1 Å². The van der Waals surface area contributed by atoms with Crippen molar-refractivity contribution in [1.82, 2.24) is 19.5 Å². The van der Waals surface area contributed by atoms with E-state index < -0.39 is 0 Å². The summed E-state index contributed by atoms with van der Waals surface area (Å²) in [5.41, 5.74) is 3.25. The van der Waals surface area contributed by atoms with Gasteiger partial charge in [-0.15, -0.1) is 0 Å². The molecule has 0 saturated carbocycles. The highest BCUT2D eigenvalue weighted by Gasteiger charge is 2.28. The molecule has 166 valence electrons. The number of benzene rings is 2. The zero-order chi connectivity index (χ0) is 23.2.